The predicted octanol–water partition coefficient (Wildman–Crippen LogP) is 3.67. The molecular formula is C22H26BrF2N5O5. The van der Waals surface area contributed by atoms with Crippen LogP contribution in [-0.2, 0) is 9.53 Å². The van der Waals surface area contributed by atoms with Gasteiger partial charge >= 0.3 is 12.7 Å². The van der Waals surface area contributed by atoms with Crippen molar-refractivity contribution in [2.75, 3.05) is 38.1 Å². The van der Waals surface area contributed by atoms with Crippen molar-refractivity contribution >= 4 is 39.5 Å². The maximum absolute atomic E-state index is 13.0. The van der Waals surface area contributed by atoms with E-state index in [-0.39, 0.29) is 23.8 Å². The van der Waals surface area contributed by atoms with Crippen molar-refractivity contribution in [1.29, 1.82) is 0 Å². The maximum atomic E-state index is 13.0. The highest BCUT2D eigenvalue weighted by atomic mass is 79.9. The summed E-state index contributed by atoms with van der Waals surface area (Å²) in [4.78, 5) is 40.9. The van der Waals surface area contributed by atoms with Gasteiger partial charge in [0.15, 0.2) is 0 Å². The number of nitrogens with zero attached hydrogens (tertiary/aromatic N) is 4. The van der Waals surface area contributed by atoms with Gasteiger partial charge in [-0.2, -0.15) is 13.9 Å². The molecule has 190 valence electrons. The van der Waals surface area contributed by atoms with E-state index in [2.05, 4.69) is 31.1 Å². The van der Waals surface area contributed by atoms with Gasteiger partial charge in [-0.1, -0.05) is 15.9 Å². The molecule has 1 saturated heterocycles. The van der Waals surface area contributed by atoms with Crippen LogP contribution in [0.3, 0.4) is 0 Å². The second-order valence-electron chi connectivity index (χ2n) is 7.77. The van der Waals surface area contributed by atoms with E-state index in [1.807, 2.05) is 0 Å². The number of ether oxygens (including phenoxy) is 2. The van der Waals surface area contributed by atoms with E-state index in [1.54, 1.807) is 30.6 Å². The fourth-order valence-corrected chi connectivity index (χ4v) is 3.93. The van der Waals surface area contributed by atoms with Crippen molar-refractivity contribution in [3.63, 3.8) is 0 Å². The molecule has 10 nitrogen and oxygen atoms in total. The summed E-state index contributed by atoms with van der Waals surface area (Å²) < 4.78 is 36.9. The second kappa shape index (κ2) is 11.5. The van der Waals surface area contributed by atoms with Crippen molar-refractivity contribution in [2.45, 2.75) is 33.4 Å². The Kier molecular flexibility index (Phi) is 8.65. The summed E-state index contributed by atoms with van der Waals surface area (Å²) in [6.45, 7) is 3.73. The fraction of sp³-hybridized carbons (Fsp3) is 0.455. The first kappa shape index (κ1) is 26.4. The van der Waals surface area contributed by atoms with Crippen LogP contribution in [0, 0.1) is 6.92 Å². The SMILES string of the molecule is CCOC(=O)N1CCN(C(=O)C(C)n2cc(NC(=O)c3cc(Br)ccc3OC(F)F)c(C)n2)CC1. The number of hydrogen-bond donors (Lipinski definition) is 1. The van der Waals surface area contributed by atoms with Crippen molar-refractivity contribution < 1.29 is 32.6 Å². The van der Waals surface area contributed by atoms with Gasteiger partial charge in [0.25, 0.3) is 5.91 Å². The summed E-state index contributed by atoms with van der Waals surface area (Å²) in [5.74, 6) is -1.12. The minimum atomic E-state index is -3.08. The molecule has 13 heteroatoms. The second-order valence-corrected chi connectivity index (χ2v) is 8.68. The third-order valence-electron chi connectivity index (χ3n) is 5.44. The number of rotatable bonds is 7. The molecular weight excluding hydrogens is 532 g/mol. The van der Waals surface area contributed by atoms with Gasteiger partial charge in [0.2, 0.25) is 5.91 Å². The van der Waals surface area contributed by atoms with Crippen LogP contribution in [0.5, 0.6) is 5.75 Å². The van der Waals surface area contributed by atoms with Gasteiger partial charge in [-0.05, 0) is 39.0 Å². The number of hydrogen-bond acceptors (Lipinski definition) is 6. The van der Waals surface area contributed by atoms with E-state index in [4.69, 9.17) is 4.74 Å². The molecule has 1 N–H and O–H groups in total. The Balaban J connectivity index is 1.68. The first-order valence-electron chi connectivity index (χ1n) is 10.9. The third-order valence-corrected chi connectivity index (χ3v) is 5.93. The van der Waals surface area contributed by atoms with Gasteiger partial charge in [0, 0.05) is 36.8 Å². The van der Waals surface area contributed by atoms with Crippen LogP contribution < -0.4 is 10.1 Å². The minimum Gasteiger partial charge on any atom is -0.450 e. The van der Waals surface area contributed by atoms with Gasteiger partial charge in [-0.3, -0.25) is 14.3 Å². The monoisotopic (exact) mass is 557 g/mol. The fourth-order valence-electron chi connectivity index (χ4n) is 3.57. The number of piperazine rings is 1. The van der Waals surface area contributed by atoms with E-state index in [9.17, 15) is 23.2 Å². The lowest BCUT2D eigenvalue weighted by atomic mass is 10.2. The van der Waals surface area contributed by atoms with Crippen LogP contribution in [0.25, 0.3) is 0 Å². The topological polar surface area (TPSA) is 106 Å². The van der Waals surface area contributed by atoms with Crippen LogP contribution in [0.1, 0.15) is 35.9 Å². The molecule has 2 heterocycles. The van der Waals surface area contributed by atoms with E-state index in [0.29, 0.717) is 42.0 Å². The number of carbonyl (C=O) groups is 3. The molecule has 1 fully saturated rings. The third kappa shape index (κ3) is 6.47. The zero-order chi connectivity index (χ0) is 25.7. The van der Waals surface area contributed by atoms with E-state index in [0.717, 1.165) is 0 Å². The highest BCUT2D eigenvalue weighted by Crippen LogP contribution is 2.27. The summed E-state index contributed by atoms with van der Waals surface area (Å²) in [6, 6.07) is 3.45. The molecule has 1 unspecified atom stereocenters. The molecule has 35 heavy (non-hydrogen) atoms. The maximum Gasteiger partial charge on any atom is 0.409 e. The standard InChI is InChI=1S/C22H26BrF2N5O5/c1-4-34-22(33)29-9-7-28(8-10-29)20(32)14(3)30-12-17(13(2)27-30)26-19(31)16-11-15(23)5-6-18(16)35-21(24)25/h5-6,11-12,14,21H,4,7-10H2,1-3H3,(H,26,31). The molecule has 0 bridgehead atoms. The molecule has 1 aromatic heterocycles. The van der Waals surface area contributed by atoms with Crippen LogP contribution in [0.15, 0.2) is 28.9 Å². The van der Waals surface area contributed by atoms with E-state index in [1.165, 1.54) is 29.1 Å². The molecule has 1 aromatic carbocycles. The first-order valence-corrected chi connectivity index (χ1v) is 11.7. The van der Waals surface area contributed by atoms with Gasteiger partial charge < -0.3 is 24.6 Å². The number of anilines is 1. The normalized spacial score (nSPS) is 14.6. The highest BCUT2D eigenvalue weighted by molar-refractivity contribution is 9.10. The summed E-state index contributed by atoms with van der Waals surface area (Å²) in [7, 11) is 0. The van der Waals surface area contributed by atoms with Crippen LogP contribution in [0.4, 0.5) is 19.3 Å². The molecule has 1 atom stereocenters. The lowest BCUT2D eigenvalue weighted by Gasteiger charge is -2.35. The zero-order valence-electron chi connectivity index (χ0n) is 19.5. The Bertz CT molecular complexity index is 1090. The number of aryl methyl sites for hydroxylation is 1. The van der Waals surface area contributed by atoms with E-state index >= 15 is 0 Å². The van der Waals surface area contributed by atoms with Crippen LogP contribution in [0.2, 0.25) is 0 Å². The first-order chi connectivity index (χ1) is 16.6. The molecule has 1 aliphatic heterocycles. The predicted molar refractivity (Wildman–Crippen MR) is 126 cm³/mol. The smallest absolute Gasteiger partial charge is 0.409 e. The number of nitrogens with one attached hydrogen (secondary N) is 1. The van der Waals surface area contributed by atoms with Crippen molar-refractivity contribution in [1.82, 2.24) is 19.6 Å². The number of alkyl halides is 2. The van der Waals surface area contributed by atoms with Crippen molar-refractivity contribution in [3.8, 4) is 5.75 Å². The molecule has 0 spiro atoms. The Morgan fingerprint density at radius 2 is 1.83 bits per heavy atom. The van der Waals surface area contributed by atoms with Crippen LogP contribution >= 0.6 is 15.9 Å². The average molecular weight is 558 g/mol. The summed E-state index contributed by atoms with van der Waals surface area (Å²) >= 11 is 3.22. The summed E-state index contributed by atoms with van der Waals surface area (Å²) in [6.07, 6.45) is 1.11. The Morgan fingerprint density at radius 1 is 1.17 bits per heavy atom. The van der Waals surface area contributed by atoms with Gasteiger partial charge in [-0.15, -0.1) is 0 Å². The summed E-state index contributed by atoms with van der Waals surface area (Å²) in [5, 5.41) is 6.98. The average Bonchev–Trinajstić information content (AvgIpc) is 3.19. The molecule has 0 saturated carbocycles. The zero-order valence-corrected chi connectivity index (χ0v) is 21.0. The van der Waals surface area contributed by atoms with E-state index < -0.39 is 24.7 Å². The molecule has 2 aromatic rings. The van der Waals surface area contributed by atoms with Gasteiger partial charge in [0.05, 0.1) is 23.6 Å². The number of benzene rings is 1. The summed E-state index contributed by atoms with van der Waals surface area (Å²) in [5.41, 5.74) is 0.677. The molecule has 1 aliphatic rings. The largest absolute Gasteiger partial charge is 0.450 e. The van der Waals surface area contributed by atoms with Gasteiger partial charge in [0.1, 0.15) is 11.8 Å². The lowest BCUT2D eigenvalue weighted by molar-refractivity contribution is -0.136. The number of halogens is 3. The van der Waals surface area contributed by atoms with Crippen LogP contribution in [-0.4, -0.2) is 76.9 Å². The molecule has 0 radical (unpaired) electrons. The van der Waals surface area contributed by atoms with Gasteiger partial charge in [-0.25, -0.2) is 4.79 Å². The number of carbonyl (C=O) groups excluding carboxylic acids is 3. The Labute approximate surface area is 209 Å². The quantitative estimate of drug-likeness (QED) is 0.556. The lowest BCUT2D eigenvalue weighted by Crippen LogP contribution is -2.52. The number of amides is 3. The van der Waals surface area contributed by atoms with Crippen molar-refractivity contribution in [3.05, 3.63) is 40.1 Å². The molecule has 3 amide bonds. The Hall–Kier alpha value is -3.22. The van der Waals surface area contributed by atoms with Crippen molar-refractivity contribution in [2.24, 2.45) is 0 Å². The molecule has 3 rings (SSSR count). The Morgan fingerprint density at radius 3 is 2.46 bits per heavy atom. The molecule has 0 aliphatic carbocycles. The number of aromatic nitrogens is 2. The minimum absolute atomic E-state index is 0.0876. The highest BCUT2D eigenvalue weighted by Gasteiger charge is 2.29.